The molecule has 0 saturated carbocycles. The summed E-state index contributed by atoms with van der Waals surface area (Å²) >= 11 is 0. The zero-order valence-corrected chi connectivity index (χ0v) is 13.9. The Morgan fingerprint density at radius 1 is 1.00 bits per heavy atom. The minimum absolute atomic E-state index is 0.267. The van der Waals surface area contributed by atoms with Gasteiger partial charge in [0.05, 0.1) is 11.2 Å². The second-order valence-corrected chi connectivity index (χ2v) is 7.33. The molecule has 2 saturated heterocycles. The monoisotopic (exact) mass is 287 g/mol. The highest BCUT2D eigenvalue weighted by molar-refractivity contribution is 6.62. The Kier molecular flexibility index (Phi) is 3.57. The maximum Gasteiger partial charge on any atom is 0.494 e. The predicted molar refractivity (Wildman–Crippen MR) is 88.3 cm³/mol. The van der Waals surface area contributed by atoms with Gasteiger partial charge in [-0.2, -0.15) is 0 Å². The molecule has 0 unspecified atom stereocenters. The van der Waals surface area contributed by atoms with Crippen LogP contribution in [0.25, 0.3) is 0 Å². The lowest BCUT2D eigenvalue weighted by Gasteiger charge is -2.32. The van der Waals surface area contributed by atoms with Crippen LogP contribution in [0.4, 0.5) is 5.69 Å². The molecule has 2 heterocycles. The van der Waals surface area contributed by atoms with Gasteiger partial charge in [-0.3, -0.25) is 0 Å². The van der Waals surface area contributed by atoms with Gasteiger partial charge in [0.1, 0.15) is 0 Å². The van der Waals surface area contributed by atoms with Crippen LogP contribution >= 0.6 is 0 Å². The zero-order chi connectivity index (χ0) is 15.3. The quantitative estimate of drug-likeness (QED) is 0.781. The Hall–Kier alpha value is -0.995. The van der Waals surface area contributed by atoms with Gasteiger partial charge in [-0.1, -0.05) is 12.1 Å². The first-order chi connectivity index (χ1) is 9.80. The first-order valence-corrected chi connectivity index (χ1v) is 8.01. The minimum atomic E-state index is -0.281. The van der Waals surface area contributed by atoms with Gasteiger partial charge in [-0.05, 0) is 64.6 Å². The van der Waals surface area contributed by atoms with E-state index in [-0.39, 0.29) is 18.3 Å². The van der Waals surface area contributed by atoms with Crippen molar-refractivity contribution in [2.75, 3.05) is 18.0 Å². The molecule has 0 aromatic heterocycles. The number of hydrogen-bond acceptors (Lipinski definition) is 3. The van der Waals surface area contributed by atoms with E-state index in [1.807, 2.05) is 0 Å². The first-order valence-electron chi connectivity index (χ1n) is 8.01. The average molecular weight is 287 g/mol. The fourth-order valence-corrected chi connectivity index (χ4v) is 3.05. The van der Waals surface area contributed by atoms with E-state index in [2.05, 4.69) is 57.7 Å². The summed E-state index contributed by atoms with van der Waals surface area (Å²) in [5.74, 6) is 0. The van der Waals surface area contributed by atoms with Gasteiger partial charge in [-0.15, -0.1) is 0 Å². The largest absolute Gasteiger partial charge is 0.494 e. The van der Waals surface area contributed by atoms with Crippen molar-refractivity contribution >= 4 is 18.3 Å². The molecule has 1 aromatic rings. The van der Waals surface area contributed by atoms with E-state index >= 15 is 0 Å². The van der Waals surface area contributed by atoms with Crippen LogP contribution in [0.5, 0.6) is 0 Å². The van der Waals surface area contributed by atoms with Crippen LogP contribution in [0.15, 0.2) is 18.2 Å². The normalized spacial score (nSPS) is 23.9. The average Bonchev–Trinajstić information content (AvgIpc) is 2.97. The number of rotatable bonds is 2. The molecule has 3 rings (SSSR count). The molecule has 2 fully saturated rings. The Morgan fingerprint density at radius 2 is 1.57 bits per heavy atom. The van der Waals surface area contributed by atoms with Crippen molar-refractivity contribution in [2.45, 2.75) is 58.7 Å². The summed E-state index contributed by atoms with van der Waals surface area (Å²) in [5, 5.41) is 0. The van der Waals surface area contributed by atoms with Crippen LogP contribution < -0.4 is 10.4 Å². The van der Waals surface area contributed by atoms with Gasteiger partial charge in [-0.25, -0.2) is 0 Å². The molecule has 1 aromatic carbocycles. The van der Waals surface area contributed by atoms with Crippen molar-refractivity contribution in [3.63, 3.8) is 0 Å². The van der Waals surface area contributed by atoms with Crippen LogP contribution in [0.2, 0.25) is 0 Å². The third-order valence-corrected chi connectivity index (χ3v) is 5.21. The maximum atomic E-state index is 6.17. The Morgan fingerprint density at radius 3 is 2.14 bits per heavy atom. The van der Waals surface area contributed by atoms with E-state index in [0.717, 1.165) is 18.6 Å². The molecule has 3 nitrogen and oxygen atoms in total. The SMILES string of the molecule is Cc1ccc(B2OC(C)(C)C(C)(C)O2)cc1N1CCCC1. The van der Waals surface area contributed by atoms with Gasteiger partial charge in [0, 0.05) is 18.8 Å². The highest BCUT2D eigenvalue weighted by Crippen LogP contribution is 2.36. The summed E-state index contributed by atoms with van der Waals surface area (Å²) in [6.07, 6.45) is 2.58. The Bertz CT molecular complexity index is 520. The van der Waals surface area contributed by atoms with Crippen molar-refractivity contribution in [3.8, 4) is 0 Å². The molecule has 0 bridgehead atoms. The number of hydrogen-bond donors (Lipinski definition) is 0. The molecule has 0 atom stereocenters. The molecule has 4 heteroatoms. The first kappa shape index (κ1) is 14.9. The fourth-order valence-electron chi connectivity index (χ4n) is 3.05. The second-order valence-electron chi connectivity index (χ2n) is 7.33. The molecule has 0 radical (unpaired) electrons. The standard InChI is InChI=1S/C17H26BNO2/c1-13-8-9-14(12-15(13)19-10-6-7-11-19)18-20-16(2,3)17(4,5)21-18/h8-9,12H,6-7,10-11H2,1-5H3. The third kappa shape index (κ3) is 2.60. The van der Waals surface area contributed by atoms with Crippen molar-refractivity contribution in [1.82, 2.24) is 0 Å². The summed E-state index contributed by atoms with van der Waals surface area (Å²) < 4.78 is 12.3. The van der Waals surface area contributed by atoms with Gasteiger partial charge in [0.2, 0.25) is 0 Å². The van der Waals surface area contributed by atoms with Gasteiger partial charge >= 0.3 is 7.12 Å². The highest BCUT2D eigenvalue weighted by atomic mass is 16.7. The molecule has 21 heavy (non-hydrogen) atoms. The van der Waals surface area contributed by atoms with E-state index in [9.17, 15) is 0 Å². The van der Waals surface area contributed by atoms with E-state index in [1.165, 1.54) is 24.1 Å². The summed E-state index contributed by atoms with van der Waals surface area (Å²) in [4.78, 5) is 2.48. The lowest BCUT2D eigenvalue weighted by Crippen LogP contribution is -2.41. The van der Waals surface area contributed by atoms with E-state index in [4.69, 9.17) is 9.31 Å². The summed E-state index contributed by atoms with van der Waals surface area (Å²) in [6, 6.07) is 6.58. The lowest BCUT2D eigenvalue weighted by atomic mass is 9.78. The number of nitrogens with zero attached hydrogens (tertiary/aromatic N) is 1. The van der Waals surface area contributed by atoms with Crippen LogP contribution in [-0.4, -0.2) is 31.4 Å². The van der Waals surface area contributed by atoms with Gasteiger partial charge in [0.25, 0.3) is 0 Å². The summed E-state index contributed by atoms with van der Waals surface area (Å²) in [5.41, 5.74) is 3.23. The molecule has 0 N–H and O–H groups in total. The second kappa shape index (κ2) is 5.03. The van der Waals surface area contributed by atoms with Crippen molar-refractivity contribution in [3.05, 3.63) is 23.8 Å². The van der Waals surface area contributed by atoms with Gasteiger partial charge < -0.3 is 14.2 Å². The zero-order valence-electron chi connectivity index (χ0n) is 13.9. The third-order valence-electron chi connectivity index (χ3n) is 5.21. The number of anilines is 1. The van der Waals surface area contributed by atoms with E-state index in [0.29, 0.717) is 0 Å². The number of aryl methyl sites for hydroxylation is 1. The molecular weight excluding hydrogens is 261 g/mol. The molecule has 2 aliphatic heterocycles. The number of benzene rings is 1. The smallest absolute Gasteiger partial charge is 0.399 e. The Balaban J connectivity index is 1.88. The summed E-state index contributed by atoms with van der Waals surface area (Å²) in [6.45, 7) is 12.9. The lowest BCUT2D eigenvalue weighted by molar-refractivity contribution is 0.00578. The summed E-state index contributed by atoms with van der Waals surface area (Å²) in [7, 11) is -0.267. The van der Waals surface area contributed by atoms with Crippen LogP contribution in [-0.2, 0) is 9.31 Å². The van der Waals surface area contributed by atoms with Crippen molar-refractivity contribution < 1.29 is 9.31 Å². The van der Waals surface area contributed by atoms with E-state index < -0.39 is 0 Å². The molecule has 114 valence electrons. The fraction of sp³-hybridized carbons (Fsp3) is 0.647. The van der Waals surface area contributed by atoms with Crippen LogP contribution in [0.3, 0.4) is 0 Å². The topological polar surface area (TPSA) is 21.7 Å². The van der Waals surface area contributed by atoms with Crippen LogP contribution in [0.1, 0.15) is 46.1 Å². The van der Waals surface area contributed by atoms with Crippen molar-refractivity contribution in [1.29, 1.82) is 0 Å². The minimum Gasteiger partial charge on any atom is -0.399 e. The molecule has 0 aliphatic carbocycles. The molecule has 0 amide bonds. The maximum absolute atomic E-state index is 6.17. The molecular formula is C17H26BNO2. The molecule has 2 aliphatic rings. The van der Waals surface area contributed by atoms with E-state index in [1.54, 1.807) is 0 Å². The predicted octanol–water partition coefficient (Wildman–Crippen LogP) is 2.89. The molecule has 0 spiro atoms. The van der Waals surface area contributed by atoms with Gasteiger partial charge in [0.15, 0.2) is 0 Å². The Labute approximate surface area is 128 Å². The van der Waals surface area contributed by atoms with Crippen molar-refractivity contribution in [2.24, 2.45) is 0 Å². The highest BCUT2D eigenvalue weighted by Gasteiger charge is 2.51. The van der Waals surface area contributed by atoms with Crippen LogP contribution in [0, 0.1) is 6.92 Å².